The maximum atomic E-state index is 11.6. The molecule has 0 radical (unpaired) electrons. The first-order chi connectivity index (χ1) is 9.95. The van der Waals surface area contributed by atoms with E-state index in [1.165, 1.54) is 25.7 Å². The number of rotatable bonds is 0. The largest absolute Gasteiger partial charge is 0.465 e. The fourth-order valence-corrected chi connectivity index (χ4v) is 6.56. The Morgan fingerprint density at radius 3 is 2.62 bits per heavy atom. The van der Waals surface area contributed by atoms with E-state index in [9.17, 15) is 9.90 Å². The molecular formula is C18H28O3. The lowest BCUT2D eigenvalue weighted by atomic mass is 9.47. The number of aliphatic hydroxyl groups excluding tert-OH is 1. The summed E-state index contributed by atoms with van der Waals surface area (Å²) in [5, 5.41) is 10.4. The third-order valence-electron chi connectivity index (χ3n) is 7.97. The van der Waals surface area contributed by atoms with Gasteiger partial charge in [0.05, 0.1) is 12.7 Å². The van der Waals surface area contributed by atoms with Gasteiger partial charge in [-0.15, -0.1) is 0 Å². The van der Waals surface area contributed by atoms with Crippen molar-refractivity contribution in [2.24, 2.45) is 34.5 Å². The Morgan fingerprint density at radius 1 is 1.05 bits per heavy atom. The van der Waals surface area contributed by atoms with E-state index in [-0.39, 0.29) is 22.9 Å². The highest BCUT2D eigenvalue weighted by Gasteiger charge is 2.60. The molecule has 0 spiro atoms. The van der Waals surface area contributed by atoms with Crippen LogP contribution < -0.4 is 0 Å². The molecule has 3 aliphatic carbocycles. The normalized spacial score (nSPS) is 56.1. The van der Waals surface area contributed by atoms with Crippen LogP contribution in [0.2, 0.25) is 0 Å². The Kier molecular flexibility index (Phi) is 2.99. The molecule has 4 fully saturated rings. The summed E-state index contributed by atoms with van der Waals surface area (Å²) in [7, 11) is 0. The number of fused-ring (bicyclic) bond motifs is 5. The molecule has 0 amide bonds. The molecule has 1 saturated heterocycles. The third kappa shape index (κ3) is 1.79. The zero-order valence-electron chi connectivity index (χ0n) is 13.3. The highest BCUT2D eigenvalue weighted by Crippen LogP contribution is 2.64. The van der Waals surface area contributed by atoms with Crippen LogP contribution in [0, 0.1) is 34.5 Å². The van der Waals surface area contributed by atoms with Gasteiger partial charge in [0, 0.05) is 11.8 Å². The summed E-state index contributed by atoms with van der Waals surface area (Å²) in [4.78, 5) is 11.6. The molecule has 3 saturated carbocycles. The lowest BCUT2D eigenvalue weighted by Crippen LogP contribution is -2.56. The molecule has 4 rings (SSSR count). The first-order valence-electron chi connectivity index (χ1n) is 8.79. The minimum absolute atomic E-state index is 0.00728. The van der Waals surface area contributed by atoms with Gasteiger partial charge in [0.1, 0.15) is 0 Å². The number of carbonyl (C=O) groups excluding carboxylic acids is 1. The van der Waals surface area contributed by atoms with E-state index in [0.29, 0.717) is 30.8 Å². The number of carbonyl (C=O) groups is 1. The molecule has 1 aliphatic heterocycles. The van der Waals surface area contributed by atoms with E-state index in [2.05, 4.69) is 13.8 Å². The summed E-state index contributed by atoms with van der Waals surface area (Å²) < 4.78 is 5.47. The molecule has 0 aromatic heterocycles. The van der Waals surface area contributed by atoms with Crippen molar-refractivity contribution in [3.05, 3.63) is 0 Å². The van der Waals surface area contributed by atoms with Gasteiger partial charge in [-0.2, -0.15) is 0 Å². The zero-order valence-corrected chi connectivity index (χ0v) is 13.3. The van der Waals surface area contributed by atoms with Crippen molar-refractivity contribution in [2.75, 3.05) is 6.61 Å². The third-order valence-corrected chi connectivity index (χ3v) is 7.97. The molecule has 1 heterocycles. The summed E-state index contributed by atoms with van der Waals surface area (Å²) in [6, 6.07) is 0. The fourth-order valence-electron chi connectivity index (χ4n) is 6.56. The van der Waals surface area contributed by atoms with E-state index in [1.807, 2.05) is 0 Å². The topological polar surface area (TPSA) is 46.5 Å². The molecule has 21 heavy (non-hydrogen) atoms. The van der Waals surface area contributed by atoms with Crippen LogP contribution in [0.5, 0.6) is 0 Å². The average Bonchev–Trinajstić information content (AvgIpc) is 2.76. The summed E-state index contributed by atoms with van der Waals surface area (Å²) in [6.07, 6.45) is 7.50. The van der Waals surface area contributed by atoms with Gasteiger partial charge in [-0.1, -0.05) is 13.8 Å². The van der Waals surface area contributed by atoms with Crippen LogP contribution in [0.15, 0.2) is 0 Å². The SMILES string of the molecule is C[C@]12COC(=O)C[C@@H]1CC[C@@H]1[C@@H]2CC[C@]2(C)[C@@H](O)CC[C@@H]12. The van der Waals surface area contributed by atoms with Crippen LogP contribution >= 0.6 is 0 Å². The molecule has 0 bridgehead atoms. The maximum Gasteiger partial charge on any atom is 0.306 e. The van der Waals surface area contributed by atoms with E-state index in [1.54, 1.807) is 0 Å². The van der Waals surface area contributed by atoms with E-state index >= 15 is 0 Å². The molecule has 1 N–H and O–H groups in total. The van der Waals surface area contributed by atoms with Gasteiger partial charge < -0.3 is 9.84 Å². The Bertz CT molecular complexity index is 461. The Labute approximate surface area is 127 Å². The van der Waals surface area contributed by atoms with Crippen molar-refractivity contribution < 1.29 is 14.6 Å². The lowest BCUT2D eigenvalue weighted by molar-refractivity contribution is -0.181. The molecule has 3 heteroatoms. The van der Waals surface area contributed by atoms with Gasteiger partial charge in [0.2, 0.25) is 0 Å². The van der Waals surface area contributed by atoms with Crippen molar-refractivity contribution >= 4 is 5.97 Å². The van der Waals surface area contributed by atoms with Crippen molar-refractivity contribution in [1.82, 2.24) is 0 Å². The quantitative estimate of drug-likeness (QED) is 0.698. The second-order valence-corrected chi connectivity index (χ2v) is 8.66. The van der Waals surface area contributed by atoms with Crippen LogP contribution in [0.25, 0.3) is 0 Å². The predicted octanol–water partition coefficient (Wildman–Crippen LogP) is 3.15. The molecule has 0 aromatic carbocycles. The number of cyclic esters (lactones) is 1. The monoisotopic (exact) mass is 292 g/mol. The highest BCUT2D eigenvalue weighted by atomic mass is 16.5. The summed E-state index contributed by atoms with van der Waals surface area (Å²) >= 11 is 0. The van der Waals surface area contributed by atoms with Gasteiger partial charge in [-0.25, -0.2) is 0 Å². The number of hydrogen-bond donors (Lipinski definition) is 1. The standard InChI is InChI=1S/C18H28O3/c1-17-8-7-14-12(13(17)5-6-15(17)19)4-3-11-9-16(20)21-10-18(11,14)2/h11-15,19H,3-10H2,1-2H3/t11-,12-,13-,14-,15-,17-,18-/m0/s1. The van der Waals surface area contributed by atoms with Crippen molar-refractivity contribution in [2.45, 2.75) is 64.9 Å². The van der Waals surface area contributed by atoms with E-state index in [0.717, 1.165) is 18.8 Å². The lowest BCUT2D eigenvalue weighted by Gasteiger charge is -2.59. The summed E-state index contributed by atoms with van der Waals surface area (Å²) in [6.45, 7) is 5.32. The van der Waals surface area contributed by atoms with Gasteiger partial charge in [-0.3, -0.25) is 4.79 Å². The molecule has 7 atom stereocenters. The van der Waals surface area contributed by atoms with Crippen molar-refractivity contribution in [3.63, 3.8) is 0 Å². The Balaban J connectivity index is 1.64. The summed E-state index contributed by atoms with van der Waals surface area (Å²) in [5.74, 6) is 2.64. The molecule has 0 unspecified atom stereocenters. The first kappa shape index (κ1) is 14.0. The zero-order chi connectivity index (χ0) is 14.8. The smallest absolute Gasteiger partial charge is 0.306 e. The van der Waals surface area contributed by atoms with Crippen LogP contribution in [0.3, 0.4) is 0 Å². The maximum absolute atomic E-state index is 11.6. The van der Waals surface area contributed by atoms with Crippen molar-refractivity contribution in [3.8, 4) is 0 Å². The second kappa shape index (κ2) is 4.47. The molecule has 4 aliphatic rings. The van der Waals surface area contributed by atoms with E-state index < -0.39 is 0 Å². The molecule has 0 aromatic rings. The van der Waals surface area contributed by atoms with E-state index in [4.69, 9.17) is 4.74 Å². The Morgan fingerprint density at radius 2 is 1.81 bits per heavy atom. The van der Waals surface area contributed by atoms with Crippen LogP contribution in [0.4, 0.5) is 0 Å². The van der Waals surface area contributed by atoms with Crippen LogP contribution in [-0.2, 0) is 9.53 Å². The number of hydrogen-bond acceptors (Lipinski definition) is 3. The van der Waals surface area contributed by atoms with Gasteiger partial charge in [0.15, 0.2) is 0 Å². The van der Waals surface area contributed by atoms with Crippen LogP contribution in [-0.4, -0.2) is 23.8 Å². The number of ether oxygens (including phenoxy) is 1. The molecule has 118 valence electrons. The van der Waals surface area contributed by atoms with Gasteiger partial charge >= 0.3 is 5.97 Å². The summed E-state index contributed by atoms with van der Waals surface area (Å²) in [5.41, 5.74) is 0.335. The van der Waals surface area contributed by atoms with Crippen LogP contribution in [0.1, 0.15) is 58.8 Å². The highest BCUT2D eigenvalue weighted by molar-refractivity contribution is 5.70. The van der Waals surface area contributed by atoms with Crippen molar-refractivity contribution in [1.29, 1.82) is 0 Å². The fraction of sp³-hybridized carbons (Fsp3) is 0.944. The minimum Gasteiger partial charge on any atom is -0.465 e. The number of aliphatic hydroxyl groups is 1. The van der Waals surface area contributed by atoms with Gasteiger partial charge in [0.25, 0.3) is 0 Å². The molecular weight excluding hydrogens is 264 g/mol. The van der Waals surface area contributed by atoms with Gasteiger partial charge in [-0.05, 0) is 67.6 Å². The first-order valence-corrected chi connectivity index (χ1v) is 8.79. The second-order valence-electron chi connectivity index (χ2n) is 8.66. The molecule has 3 nitrogen and oxygen atoms in total. The Hall–Kier alpha value is -0.570. The predicted molar refractivity (Wildman–Crippen MR) is 79.5 cm³/mol. The minimum atomic E-state index is -0.0989. The average molecular weight is 292 g/mol. The number of esters is 1.